The van der Waals surface area contributed by atoms with Crippen LogP contribution in [0.3, 0.4) is 0 Å². The Balaban J connectivity index is 2.28. The normalized spacial score (nSPS) is 13.1. The second kappa shape index (κ2) is 9.77. The van der Waals surface area contributed by atoms with Crippen LogP contribution in [-0.2, 0) is 24.8 Å². The van der Waals surface area contributed by atoms with Crippen LogP contribution in [0.5, 0.6) is 5.75 Å². The molecule has 0 spiro atoms. The lowest BCUT2D eigenvalue weighted by atomic mass is 10.0. The predicted molar refractivity (Wildman–Crippen MR) is 119 cm³/mol. The van der Waals surface area contributed by atoms with Gasteiger partial charge in [0.05, 0.1) is 24.3 Å². The molecule has 0 bridgehead atoms. The molecule has 0 aliphatic rings. The monoisotopic (exact) mass is 469 g/mol. The van der Waals surface area contributed by atoms with Gasteiger partial charge in [-0.25, -0.2) is 25.9 Å². The van der Waals surface area contributed by atoms with Crippen LogP contribution in [0.1, 0.15) is 23.6 Å². The molecule has 1 atom stereocenters. The molecule has 2 N–H and O–H groups in total. The minimum Gasteiger partial charge on any atom is -0.497 e. The van der Waals surface area contributed by atoms with Gasteiger partial charge in [0.25, 0.3) is 0 Å². The molecule has 2 aromatic rings. The smallest absolute Gasteiger partial charge is 0.242 e. The van der Waals surface area contributed by atoms with Crippen LogP contribution < -0.4 is 14.8 Å². The number of anilines is 1. The van der Waals surface area contributed by atoms with E-state index in [0.29, 0.717) is 22.6 Å². The molecule has 2 rings (SSSR count). The van der Waals surface area contributed by atoms with E-state index in [2.05, 4.69) is 10.0 Å². The number of sulfonamides is 2. The Labute approximate surface area is 183 Å². The highest BCUT2D eigenvalue weighted by Crippen LogP contribution is 2.25. The number of nitrogens with one attached hydrogen (secondary N) is 2. The SMILES string of the molecule is COc1ccc(C(CC(=O)Nc2cc(S(=O)(=O)N(C)C)ccc2C)NS(C)(=O)=O)cc1. The summed E-state index contributed by atoms with van der Waals surface area (Å²) in [5.74, 6) is 0.125. The van der Waals surface area contributed by atoms with E-state index in [9.17, 15) is 21.6 Å². The number of rotatable bonds is 9. The molecule has 1 unspecified atom stereocenters. The van der Waals surface area contributed by atoms with Crippen LogP contribution in [0.4, 0.5) is 5.69 Å². The van der Waals surface area contributed by atoms with Gasteiger partial charge < -0.3 is 10.1 Å². The van der Waals surface area contributed by atoms with Gasteiger partial charge in [-0.05, 0) is 42.3 Å². The van der Waals surface area contributed by atoms with Crippen LogP contribution in [-0.4, -0.2) is 54.5 Å². The molecule has 170 valence electrons. The molecular formula is C20H27N3O6S2. The summed E-state index contributed by atoms with van der Waals surface area (Å²) in [5.41, 5.74) is 1.59. The second-order valence-corrected chi connectivity index (χ2v) is 11.2. The Bertz CT molecular complexity index is 1140. The third-order valence-electron chi connectivity index (χ3n) is 4.53. The summed E-state index contributed by atoms with van der Waals surface area (Å²) in [5, 5.41) is 2.69. The predicted octanol–water partition coefficient (Wildman–Crippen LogP) is 1.87. The average Bonchev–Trinajstić information content (AvgIpc) is 2.68. The van der Waals surface area contributed by atoms with Crippen molar-refractivity contribution in [2.24, 2.45) is 0 Å². The number of amides is 1. The highest BCUT2D eigenvalue weighted by molar-refractivity contribution is 7.89. The highest BCUT2D eigenvalue weighted by Gasteiger charge is 2.22. The average molecular weight is 470 g/mol. The van der Waals surface area contributed by atoms with Gasteiger partial charge in [0.2, 0.25) is 26.0 Å². The summed E-state index contributed by atoms with van der Waals surface area (Å²) in [6, 6.07) is 10.3. The van der Waals surface area contributed by atoms with E-state index >= 15 is 0 Å². The van der Waals surface area contributed by atoms with E-state index in [0.717, 1.165) is 10.6 Å². The van der Waals surface area contributed by atoms with Gasteiger partial charge in [0.1, 0.15) is 5.75 Å². The van der Waals surface area contributed by atoms with E-state index in [1.165, 1.54) is 33.3 Å². The number of hydrogen-bond donors (Lipinski definition) is 2. The molecule has 0 aliphatic carbocycles. The third kappa shape index (κ3) is 6.76. The summed E-state index contributed by atoms with van der Waals surface area (Å²) in [7, 11) is -2.91. The molecule has 2 aromatic carbocycles. The summed E-state index contributed by atoms with van der Waals surface area (Å²) < 4.78 is 57.0. The van der Waals surface area contributed by atoms with Crippen molar-refractivity contribution in [3.63, 3.8) is 0 Å². The maximum absolute atomic E-state index is 12.7. The summed E-state index contributed by atoms with van der Waals surface area (Å²) in [4.78, 5) is 12.8. The molecule has 0 fully saturated rings. The van der Waals surface area contributed by atoms with Crippen LogP contribution in [0.2, 0.25) is 0 Å². The molecule has 0 saturated heterocycles. The van der Waals surface area contributed by atoms with E-state index in [4.69, 9.17) is 4.74 Å². The number of nitrogens with zero attached hydrogens (tertiary/aromatic N) is 1. The van der Waals surface area contributed by atoms with Crippen molar-refractivity contribution in [1.82, 2.24) is 9.03 Å². The molecule has 0 radical (unpaired) electrons. The van der Waals surface area contributed by atoms with Gasteiger partial charge in [-0.3, -0.25) is 4.79 Å². The van der Waals surface area contributed by atoms with Gasteiger partial charge in [-0.2, -0.15) is 0 Å². The molecule has 11 heteroatoms. The van der Waals surface area contributed by atoms with E-state index in [1.54, 1.807) is 37.3 Å². The van der Waals surface area contributed by atoms with Gasteiger partial charge in [0.15, 0.2) is 0 Å². The number of carbonyl (C=O) groups is 1. The second-order valence-electron chi connectivity index (χ2n) is 7.23. The Morgan fingerprint density at radius 2 is 1.68 bits per heavy atom. The van der Waals surface area contributed by atoms with Crippen molar-refractivity contribution in [1.29, 1.82) is 0 Å². The van der Waals surface area contributed by atoms with Crippen molar-refractivity contribution in [2.75, 3.05) is 32.8 Å². The molecule has 0 aromatic heterocycles. The summed E-state index contributed by atoms with van der Waals surface area (Å²) in [6.45, 7) is 1.73. The van der Waals surface area contributed by atoms with E-state index < -0.39 is 32.0 Å². The highest BCUT2D eigenvalue weighted by atomic mass is 32.2. The van der Waals surface area contributed by atoms with Gasteiger partial charge in [-0.15, -0.1) is 0 Å². The molecule has 0 aliphatic heterocycles. The molecule has 9 nitrogen and oxygen atoms in total. The quantitative estimate of drug-likeness (QED) is 0.578. The first-order chi connectivity index (χ1) is 14.3. The summed E-state index contributed by atoms with van der Waals surface area (Å²) in [6.07, 6.45) is 0.824. The Hall–Kier alpha value is -2.47. The fourth-order valence-corrected chi connectivity index (χ4v) is 4.48. The van der Waals surface area contributed by atoms with Crippen molar-refractivity contribution in [2.45, 2.75) is 24.3 Å². The first-order valence-electron chi connectivity index (χ1n) is 9.28. The third-order valence-corrected chi connectivity index (χ3v) is 7.05. The van der Waals surface area contributed by atoms with Crippen molar-refractivity contribution in [3.05, 3.63) is 53.6 Å². The Kier molecular flexibility index (Phi) is 7.82. The number of hydrogen-bond acceptors (Lipinski definition) is 6. The molecule has 0 saturated carbocycles. The van der Waals surface area contributed by atoms with Crippen LogP contribution >= 0.6 is 0 Å². The Morgan fingerprint density at radius 1 is 1.06 bits per heavy atom. The van der Waals surface area contributed by atoms with Crippen molar-refractivity contribution >= 4 is 31.6 Å². The van der Waals surface area contributed by atoms with Gasteiger partial charge in [0, 0.05) is 26.2 Å². The fourth-order valence-electron chi connectivity index (χ4n) is 2.82. The van der Waals surface area contributed by atoms with Crippen LogP contribution in [0.15, 0.2) is 47.4 Å². The topological polar surface area (TPSA) is 122 Å². The van der Waals surface area contributed by atoms with Crippen molar-refractivity contribution < 1.29 is 26.4 Å². The Morgan fingerprint density at radius 3 is 2.19 bits per heavy atom. The zero-order chi connectivity index (χ0) is 23.4. The fraction of sp³-hybridized carbons (Fsp3) is 0.350. The minimum atomic E-state index is -3.67. The van der Waals surface area contributed by atoms with Gasteiger partial charge in [-0.1, -0.05) is 18.2 Å². The number of carbonyl (C=O) groups excluding carboxylic acids is 1. The number of methoxy groups -OCH3 is 1. The summed E-state index contributed by atoms with van der Waals surface area (Å²) >= 11 is 0. The van der Waals surface area contributed by atoms with Crippen LogP contribution in [0, 0.1) is 6.92 Å². The molecule has 1 amide bonds. The number of benzene rings is 2. The first kappa shape index (κ1) is 24.8. The minimum absolute atomic E-state index is 0.0411. The zero-order valence-corrected chi connectivity index (χ0v) is 19.7. The lowest BCUT2D eigenvalue weighted by Crippen LogP contribution is -2.30. The largest absolute Gasteiger partial charge is 0.497 e. The number of aryl methyl sites for hydroxylation is 1. The van der Waals surface area contributed by atoms with Crippen LogP contribution in [0.25, 0.3) is 0 Å². The molecule has 0 heterocycles. The number of ether oxygens (including phenoxy) is 1. The first-order valence-corrected chi connectivity index (χ1v) is 12.6. The maximum Gasteiger partial charge on any atom is 0.242 e. The standard InChI is InChI=1S/C20H27N3O6S2/c1-14-6-11-17(31(27,28)23(2)3)12-18(14)21-20(24)13-19(22-30(5,25)26)15-7-9-16(29-4)10-8-15/h6-12,19,22H,13H2,1-5H3,(H,21,24). The van der Waals surface area contributed by atoms with E-state index in [-0.39, 0.29) is 11.3 Å². The lowest BCUT2D eigenvalue weighted by molar-refractivity contribution is -0.116. The molecular weight excluding hydrogens is 442 g/mol. The zero-order valence-electron chi connectivity index (χ0n) is 18.0. The lowest BCUT2D eigenvalue weighted by Gasteiger charge is -2.19. The van der Waals surface area contributed by atoms with Gasteiger partial charge >= 0.3 is 0 Å². The molecule has 31 heavy (non-hydrogen) atoms. The maximum atomic E-state index is 12.7. The van der Waals surface area contributed by atoms with Crippen molar-refractivity contribution in [3.8, 4) is 5.75 Å². The van der Waals surface area contributed by atoms with E-state index in [1.807, 2.05) is 0 Å².